The van der Waals surface area contributed by atoms with E-state index in [0.29, 0.717) is 13.0 Å². The first-order chi connectivity index (χ1) is 6.95. The molecule has 0 saturated heterocycles. The molecule has 0 atom stereocenters. The van der Waals surface area contributed by atoms with Crippen LogP contribution in [0.15, 0.2) is 0 Å². The summed E-state index contributed by atoms with van der Waals surface area (Å²) in [6.45, 7) is 9.21. The van der Waals surface area contributed by atoms with Gasteiger partial charge in [0.1, 0.15) is 5.60 Å². The summed E-state index contributed by atoms with van der Waals surface area (Å²) < 4.78 is 10.5. The van der Waals surface area contributed by atoms with Crippen molar-refractivity contribution in [3.8, 4) is 0 Å². The lowest BCUT2D eigenvalue weighted by Crippen LogP contribution is -2.23. The second-order valence-electron chi connectivity index (χ2n) is 4.66. The first kappa shape index (κ1) is 14.4. The molecule has 0 aliphatic carbocycles. The Morgan fingerprint density at radius 1 is 1.13 bits per heavy atom. The third-order valence-corrected chi connectivity index (χ3v) is 1.73. The van der Waals surface area contributed by atoms with Crippen molar-refractivity contribution >= 4 is 5.97 Å². The maximum absolute atomic E-state index is 11.3. The molecule has 0 heterocycles. The summed E-state index contributed by atoms with van der Waals surface area (Å²) in [6, 6.07) is 0. The highest BCUT2D eigenvalue weighted by Crippen LogP contribution is 2.09. The van der Waals surface area contributed by atoms with Gasteiger partial charge >= 0.3 is 5.97 Å². The highest BCUT2D eigenvalue weighted by molar-refractivity contribution is 5.69. The van der Waals surface area contributed by atoms with Gasteiger partial charge in [0.2, 0.25) is 0 Å². The molecule has 0 aliphatic heterocycles. The molecule has 0 aromatic carbocycles. The van der Waals surface area contributed by atoms with Gasteiger partial charge in [-0.05, 0) is 33.6 Å². The third kappa shape index (κ3) is 11.4. The topological polar surface area (TPSA) is 35.5 Å². The van der Waals surface area contributed by atoms with E-state index >= 15 is 0 Å². The van der Waals surface area contributed by atoms with E-state index in [0.717, 1.165) is 25.9 Å². The third-order valence-electron chi connectivity index (χ3n) is 1.73. The number of unbranched alkanes of at least 4 members (excludes halogenated alkanes) is 1. The lowest BCUT2D eigenvalue weighted by atomic mass is 10.2. The number of esters is 1. The number of carbonyl (C=O) groups is 1. The van der Waals surface area contributed by atoms with Gasteiger partial charge in [-0.2, -0.15) is 0 Å². The molecule has 3 heteroatoms. The first-order valence-corrected chi connectivity index (χ1v) is 5.75. The van der Waals surface area contributed by atoms with Crippen LogP contribution >= 0.6 is 0 Å². The van der Waals surface area contributed by atoms with E-state index in [9.17, 15) is 4.79 Å². The van der Waals surface area contributed by atoms with Crippen LogP contribution in [0.4, 0.5) is 0 Å². The largest absolute Gasteiger partial charge is 0.460 e. The van der Waals surface area contributed by atoms with Crippen LogP contribution in [-0.4, -0.2) is 24.8 Å². The van der Waals surface area contributed by atoms with E-state index in [2.05, 4.69) is 6.92 Å². The minimum atomic E-state index is -0.375. The number of hydrogen-bond donors (Lipinski definition) is 0. The number of hydrogen-bond acceptors (Lipinski definition) is 3. The van der Waals surface area contributed by atoms with Gasteiger partial charge in [0.05, 0.1) is 0 Å². The number of ether oxygens (including phenoxy) is 2. The van der Waals surface area contributed by atoms with Crippen molar-refractivity contribution in [3.05, 3.63) is 0 Å². The normalized spacial score (nSPS) is 11.5. The molecular formula is C12H24O3. The highest BCUT2D eigenvalue weighted by atomic mass is 16.6. The molecular weight excluding hydrogens is 192 g/mol. The van der Waals surface area contributed by atoms with Crippen LogP contribution in [0.5, 0.6) is 0 Å². The van der Waals surface area contributed by atoms with Crippen molar-refractivity contribution in [1.82, 2.24) is 0 Å². The van der Waals surface area contributed by atoms with Crippen LogP contribution in [0.1, 0.15) is 53.4 Å². The van der Waals surface area contributed by atoms with Gasteiger partial charge in [-0.3, -0.25) is 4.79 Å². The van der Waals surface area contributed by atoms with Crippen molar-refractivity contribution < 1.29 is 14.3 Å². The fraction of sp³-hybridized carbons (Fsp3) is 0.917. The second-order valence-corrected chi connectivity index (χ2v) is 4.66. The van der Waals surface area contributed by atoms with E-state index in [1.54, 1.807) is 0 Å². The molecule has 0 N–H and O–H groups in total. The lowest BCUT2D eigenvalue weighted by molar-refractivity contribution is -0.155. The van der Waals surface area contributed by atoms with Crippen LogP contribution in [0.2, 0.25) is 0 Å². The number of carbonyl (C=O) groups excluding carboxylic acids is 1. The van der Waals surface area contributed by atoms with E-state index in [-0.39, 0.29) is 11.6 Å². The van der Waals surface area contributed by atoms with Gasteiger partial charge in [0.15, 0.2) is 0 Å². The molecule has 90 valence electrons. The minimum Gasteiger partial charge on any atom is -0.460 e. The molecule has 3 nitrogen and oxygen atoms in total. The first-order valence-electron chi connectivity index (χ1n) is 5.75. The van der Waals surface area contributed by atoms with Gasteiger partial charge < -0.3 is 9.47 Å². The predicted molar refractivity (Wildman–Crippen MR) is 60.8 cm³/mol. The quantitative estimate of drug-likeness (QED) is 0.485. The monoisotopic (exact) mass is 216 g/mol. The molecule has 0 rings (SSSR count). The molecule has 0 radical (unpaired) electrons. The summed E-state index contributed by atoms with van der Waals surface area (Å²) in [5.74, 6) is -0.137. The Kier molecular flexibility index (Phi) is 7.39. The summed E-state index contributed by atoms with van der Waals surface area (Å²) in [4.78, 5) is 11.3. The van der Waals surface area contributed by atoms with Crippen LogP contribution in [-0.2, 0) is 14.3 Å². The molecule has 0 aromatic heterocycles. The van der Waals surface area contributed by atoms with Crippen LogP contribution in [0.25, 0.3) is 0 Å². The summed E-state index contributed by atoms with van der Waals surface area (Å²) >= 11 is 0. The van der Waals surface area contributed by atoms with E-state index in [1.165, 1.54) is 0 Å². The van der Waals surface area contributed by atoms with E-state index in [4.69, 9.17) is 9.47 Å². The fourth-order valence-corrected chi connectivity index (χ4v) is 1.06. The van der Waals surface area contributed by atoms with Crippen molar-refractivity contribution in [2.45, 2.75) is 59.0 Å². The van der Waals surface area contributed by atoms with Crippen LogP contribution < -0.4 is 0 Å². The zero-order valence-corrected chi connectivity index (χ0v) is 10.5. The standard InChI is InChI=1S/C12H24O3/c1-5-6-9-14-10-7-8-11(13)15-12(2,3)4/h5-10H2,1-4H3. The Morgan fingerprint density at radius 3 is 2.27 bits per heavy atom. The zero-order valence-electron chi connectivity index (χ0n) is 10.5. The van der Waals surface area contributed by atoms with Gasteiger partial charge in [-0.15, -0.1) is 0 Å². The molecule has 0 fully saturated rings. The van der Waals surface area contributed by atoms with E-state index in [1.807, 2.05) is 20.8 Å². The maximum atomic E-state index is 11.3. The molecule has 0 saturated carbocycles. The summed E-state index contributed by atoms with van der Waals surface area (Å²) in [7, 11) is 0. The number of rotatable bonds is 7. The average Bonchev–Trinajstić information content (AvgIpc) is 2.08. The fourth-order valence-electron chi connectivity index (χ4n) is 1.06. The zero-order chi connectivity index (χ0) is 11.7. The maximum Gasteiger partial charge on any atom is 0.306 e. The summed E-state index contributed by atoms with van der Waals surface area (Å²) in [5, 5.41) is 0. The average molecular weight is 216 g/mol. The van der Waals surface area contributed by atoms with Crippen molar-refractivity contribution in [2.75, 3.05) is 13.2 Å². The van der Waals surface area contributed by atoms with Crippen molar-refractivity contribution in [2.24, 2.45) is 0 Å². The van der Waals surface area contributed by atoms with E-state index < -0.39 is 0 Å². The van der Waals surface area contributed by atoms with Crippen molar-refractivity contribution in [1.29, 1.82) is 0 Å². The van der Waals surface area contributed by atoms with Crippen molar-refractivity contribution in [3.63, 3.8) is 0 Å². The van der Waals surface area contributed by atoms with Gasteiger partial charge in [0, 0.05) is 19.6 Å². The molecule has 0 spiro atoms. The van der Waals surface area contributed by atoms with Gasteiger partial charge in [0.25, 0.3) is 0 Å². The Bertz CT molecular complexity index is 170. The Labute approximate surface area is 93.1 Å². The second kappa shape index (κ2) is 7.69. The Morgan fingerprint density at radius 2 is 1.73 bits per heavy atom. The Hall–Kier alpha value is -0.570. The minimum absolute atomic E-state index is 0.137. The molecule has 15 heavy (non-hydrogen) atoms. The molecule has 0 aliphatic rings. The molecule has 0 unspecified atom stereocenters. The molecule has 0 aromatic rings. The van der Waals surface area contributed by atoms with Crippen LogP contribution in [0.3, 0.4) is 0 Å². The smallest absolute Gasteiger partial charge is 0.306 e. The predicted octanol–water partition coefficient (Wildman–Crippen LogP) is 2.93. The Balaban J connectivity index is 3.32. The van der Waals surface area contributed by atoms with Gasteiger partial charge in [-0.1, -0.05) is 13.3 Å². The SMILES string of the molecule is CCCCOCCCC(=O)OC(C)(C)C. The summed E-state index contributed by atoms with van der Waals surface area (Å²) in [5.41, 5.74) is -0.375. The highest BCUT2D eigenvalue weighted by Gasteiger charge is 2.15. The molecule has 0 bridgehead atoms. The molecule has 0 amide bonds. The van der Waals surface area contributed by atoms with Crippen LogP contribution in [0, 0.1) is 0 Å². The van der Waals surface area contributed by atoms with Gasteiger partial charge in [-0.25, -0.2) is 0 Å². The summed E-state index contributed by atoms with van der Waals surface area (Å²) in [6.07, 6.45) is 3.43. The lowest BCUT2D eigenvalue weighted by Gasteiger charge is -2.19.